The number of hydrogen-bond acceptors (Lipinski definition) is 2. The minimum absolute atomic E-state index is 0.236. The van der Waals surface area contributed by atoms with Crippen LogP contribution in [0, 0.1) is 0 Å². The lowest BCUT2D eigenvalue weighted by atomic mass is 9.92. The molecule has 0 aliphatic heterocycles. The van der Waals surface area contributed by atoms with Crippen LogP contribution >= 0.6 is 0 Å². The van der Waals surface area contributed by atoms with Crippen LogP contribution in [-0.4, -0.2) is 10.9 Å². The Morgan fingerprint density at radius 2 is 1.70 bits per heavy atom. The number of aromatic hydroxyl groups is 1. The highest BCUT2D eigenvalue weighted by Crippen LogP contribution is 2.27. The van der Waals surface area contributed by atoms with Gasteiger partial charge in [-0.2, -0.15) is 0 Å². The summed E-state index contributed by atoms with van der Waals surface area (Å²) in [5.41, 5.74) is 3.93. The SMILES string of the molecule is CCCCC(=O)c1cc(-c2cccc(O)c2)ccc1CCCC. The maximum atomic E-state index is 12.6. The summed E-state index contributed by atoms with van der Waals surface area (Å²) in [7, 11) is 0. The molecule has 23 heavy (non-hydrogen) atoms. The van der Waals surface area contributed by atoms with E-state index in [9.17, 15) is 9.90 Å². The molecule has 0 heterocycles. The lowest BCUT2D eigenvalue weighted by molar-refractivity contribution is 0.0979. The van der Waals surface area contributed by atoms with Gasteiger partial charge >= 0.3 is 0 Å². The molecule has 2 aromatic rings. The molecule has 0 fully saturated rings. The predicted octanol–water partition coefficient (Wildman–Crippen LogP) is 5.77. The van der Waals surface area contributed by atoms with Crippen LogP contribution in [-0.2, 0) is 6.42 Å². The van der Waals surface area contributed by atoms with E-state index in [4.69, 9.17) is 0 Å². The fraction of sp³-hybridized carbons (Fsp3) is 0.381. The number of phenols is 1. The Labute approximate surface area is 139 Å². The first-order valence-corrected chi connectivity index (χ1v) is 8.61. The summed E-state index contributed by atoms with van der Waals surface area (Å²) < 4.78 is 0. The Bertz CT molecular complexity index is 659. The predicted molar refractivity (Wildman–Crippen MR) is 96.0 cm³/mol. The van der Waals surface area contributed by atoms with Crippen LogP contribution in [0.15, 0.2) is 42.5 Å². The number of hydrogen-bond donors (Lipinski definition) is 1. The number of carbonyl (C=O) groups excluding carboxylic acids is 1. The molecular formula is C21H26O2. The molecule has 2 rings (SSSR count). The summed E-state index contributed by atoms with van der Waals surface area (Å²) in [5, 5.41) is 9.67. The number of phenolic OH excluding ortho intramolecular Hbond substituents is 1. The van der Waals surface area contributed by atoms with E-state index in [0.717, 1.165) is 54.4 Å². The molecule has 0 aromatic heterocycles. The van der Waals surface area contributed by atoms with Gasteiger partial charge in [-0.25, -0.2) is 0 Å². The van der Waals surface area contributed by atoms with Gasteiger partial charge < -0.3 is 5.11 Å². The Morgan fingerprint density at radius 3 is 2.39 bits per heavy atom. The highest BCUT2D eigenvalue weighted by molar-refractivity contribution is 5.98. The number of carbonyl (C=O) groups is 1. The molecule has 0 spiro atoms. The van der Waals surface area contributed by atoms with Crippen molar-refractivity contribution in [3.63, 3.8) is 0 Å². The van der Waals surface area contributed by atoms with E-state index in [1.165, 1.54) is 0 Å². The van der Waals surface area contributed by atoms with Crippen molar-refractivity contribution < 1.29 is 9.90 Å². The molecule has 122 valence electrons. The van der Waals surface area contributed by atoms with Gasteiger partial charge in [0.1, 0.15) is 5.75 Å². The second-order valence-corrected chi connectivity index (χ2v) is 6.05. The van der Waals surface area contributed by atoms with Crippen LogP contribution in [0.4, 0.5) is 0 Å². The first kappa shape index (κ1) is 17.3. The number of benzene rings is 2. The van der Waals surface area contributed by atoms with E-state index < -0.39 is 0 Å². The van der Waals surface area contributed by atoms with Crippen molar-refractivity contribution in [1.29, 1.82) is 0 Å². The molecular weight excluding hydrogens is 284 g/mol. The van der Waals surface area contributed by atoms with E-state index in [1.807, 2.05) is 18.2 Å². The fourth-order valence-electron chi connectivity index (χ4n) is 2.76. The summed E-state index contributed by atoms with van der Waals surface area (Å²) in [6.45, 7) is 4.27. The molecule has 0 saturated carbocycles. The first-order chi connectivity index (χ1) is 11.2. The van der Waals surface area contributed by atoms with Gasteiger partial charge in [-0.1, -0.05) is 51.0 Å². The second kappa shape index (κ2) is 8.52. The number of Topliss-reactive ketones (excluding diaryl/α,β-unsaturated/α-hetero) is 1. The molecule has 0 saturated heterocycles. The highest BCUT2D eigenvalue weighted by Gasteiger charge is 2.13. The quantitative estimate of drug-likeness (QED) is 0.628. The Kier molecular flexibility index (Phi) is 6.40. The summed E-state index contributed by atoms with van der Waals surface area (Å²) >= 11 is 0. The average Bonchev–Trinajstić information content (AvgIpc) is 2.57. The first-order valence-electron chi connectivity index (χ1n) is 8.61. The molecule has 0 unspecified atom stereocenters. The van der Waals surface area contributed by atoms with Gasteiger partial charge in [-0.15, -0.1) is 0 Å². The van der Waals surface area contributed by atoms with E-state index >= 15 is 0 Å². The lowest BCUT2D eigenvalue weighted by Crippen LogP contribution is -2.04. The molecule has 0 atom stereocenters. The molecule has 0 radical (unpaired) electrons. The van der Waals surface area contributed by atoms with Gasteiger partial charge in [0.05, 0.1) is 0 Å². The van der Waals surface area contributed by atoms with E-state index in [1.54, 1.807) is 12.1 Å². The number of ketones is 1. The zero-order valence-electron chi connectivity index (χ0n) is 14.1. The van der Waals surface area contributed by atoms with Gasteiger partial charge in [0, 0.05) is 12.0 Å². The van der Waals surface area contributed by atoms with Crippen LogP contribution in [0.1, 0.15) is 61.9 Å². The van der Waals surface area contributed by atoms with Crippen molar-refractivity contribution in [2.45, 2.75) is 52.4 Å². The van der Waals surface area contributed by atoms with Gasteiger partial charge in [0.15, 0.2) is 5.78 Å². The van der Waals surface area contributed by atoms with Crippen LogP contribution in [0.2, 0.25) is 0 Å². The zero-order valence-corrected chi connectivity index (χ0v) is 14.1. The smallest absolute Gasteiger partial charge is 0.163 e. The molecule has 0 amide bonds. The van der Waals surface area contributed by atoms with E-state index in [0.29, 0.717) is 6.42 Å². The van der Waals surface area contributed by atoms with Crippen LogP contribution in [0.3, 0.4) is 0 Å². The molecule has 2 aromatic carbocycles. The highest BCUT2D eigenvalue weighted by atomic mass is 16.3. The molecule has 0 aliphatic carbocycles. The summed E-state index contributed by atoms with van der Waals surface area (Å²) in [6.07, 6.45) is 5.74. The van der Waals surface area contributed by atoms with E-state index in [-0.39, 0.29) is 11.5 Å². The molecule has 0 aliphatic rings. The maximum absolute atomic E-state index is 12.6. The third-order valence-corrected chi connectivity index (χ3v) is 4.15. The van der Waals surface area contributed by atoms with Crippen LogP contribution in [0.25, 0.3) is 11.1 Å². The van der Waals surface area contributed by atoms with Gasteiger partial charge in [-0.3, -0.25) is 4.79 Å². The van der Waals surface area contributed by atoms with Crippen molar-refractivity contribution in [1.82, 2.24) is 0 Å². The fourth-order valence-corrected chi connectivity index (χ4v) is 2.76. The lowest BCUT2D eigenvalue weighted by Gasteiger charge is -2.11. The zero-order chi connectivity index (χ0) is 16.7. The van der Waals surface area contributed by atoms with Crippen molar-refractivity contribution in [2.24, 2.45) is 0 Å². The number of aryl methyl sites for hydroxylation is 1. The Morgan fingerprint density at radius 1 is 0.957 bits per heavy atom. The molecule has 1 N–H and O–H groups in total. The minimum atomic E-state index is 0.236. The third kappa shape index (κ3) is 4.69. The van der Waals surface area contributed by atoms with Crippen molar-refractivity contribution in [2.75, 3.05) is 0 Å². The van der Waals surface area contributed by atoms with Crippen molar-refractivity contribution in [3.8, 4) is 16.9 Å². The summed E-state index contributed by atoms with van der Waals surface area (Å²) in [6, 6.07) is 13.3. The maximum Gasteiger partial charge on any atom is 0.163 e. The largest absolute Gasteiger partial charge is 0.508 e. The Hall–Kier alpha value is -2.09. The molecule has 2 nitrogen and oxygen atoms in total. The van der Waals surface area contributed by atoms with Gasteiger partial charge in [0.2, 0.25) is 0 Å². The van der Waals surface area contributed by atoms with Crippen molar-refractivity contribution >= 4 is 5.78 Å². The standard InChI is InChI=1S/C21H26O2/c1-3-5-8-16-12-13-18(17-9-7-10-19(22)14-17)15-20(16)21(23)11-6-4-2/h7,9-10,12-15,22H,3-6,8,11H2,1-2H3. The summed E-state index contributed by atoms with van der Waals surface area (Å²) in [5.74, 6) is 0.483. The van der Waals surface area contributed by atoms with Gasteiger partial charge in [-0.05, 0) is 54.2 Å². The summed E-state index contributed by atoms with van der Waals surface area (Å²) in [4.78, 5) is 12.6. The van der Waals surface area contributed by atoms with Crippen LogP contribution in [0.5, 0.6) is 5.75 Å². The van der Waals surface area contributed by atoms with Crippen LogP contribution < -0.4 is 0 Å². The average molecular weight is 310 g/mol. The van der Waals surface area contributed by atoms with E-state index in [2.05, 4.69) is 26.0 Å². The Balaban J connectivity index is 2.37. The number of unbranched alkanes of at least 4 members (excludes halogenated alkanes) is 2. The van der Waals surface area contributed by atoms with Gasteiger partial charge in [0.25, 0.3) is 0 Å². The minimum Gasteiger partial charge on any atom is -0.508 e. The number of rotatable bonds is 8. The normalized spacial score (nSPS) is 10.7. The monoisotopic (exact) mass is 310 g/mol. The van der Waals surface area contributed by atoms with Crippen molar-refractivity contribution in [3.05, 3.63) is 53.6 Å². The molecule has 2 heteroatoms. The molecule has 0 bridgehead atoms. The third-order valence-electron chi connectivity index (χ3n) is 4.15. The topological polar surface area (TPSA) is 37.3 Å². The second-order valence-electron chi connectivity index (χ2n) is 6.05.